The van der Waals surface area contributed by atoms with E-state index < -0.39 is 5.92 Å². The number of ether oxygens (including phenoxy) is 2. The van der Waals surface area contributed by atoms with E-state index in [9.17, 15) is 14.4 Å². The lowest BCUT2D eigenvalue weighted by Crippen LogP contribution is -2.37. The second-order valence-electron chi connectivity index (χ2n) is 9.50. The van der Waals surface area contributed by atoms with Crippen molar-refractivity contribution in [3.05, 3.63) is 74.1 Å². The van der Waals surface area contributed by atoms with Gasteiger partial charge in [0.25, 0.3) is 5.91 Å². The summed E-state index contributed by atoms with van der Waals surface area (Å²) in [4.78, 5) is 41.1. The second kappa shape index (κ2) is 10.7. The van der Waals surface area contributed by atoms with Crippen LogP contribution in [0.5, 0.6) is 11.5 Å². The third-order valence-electron chi connectivity index (χ3n) is 7.23. The Kier molecular flexibility index (Phi) is 7.37. The van der Waals surface area contributed by atoms with Crippen molar-refractivity contribution in [1.82, 2.24) is 4.90 Å². The van der Waals surface area contributed by atoms with Crippen LogP contribution < -0.4 is 14.8 Å². The summed E-state index contributed by atoms with van der Waals surface area (Å²) in [5.41, 5.74) is 5.05. The number of halogens is 1. The first kappa shape index (κ1) is 25.5. The van der Waals surface area contributed by atoms with Gasteiger partial charge in [-0.15, -0.1) is 0 Å². The van der Waals surface area contributed by atoms with Gasteiger partial charge in [-0.05, 0) is 78.1 Å². The summed E-state index contributed by atoms with van der Waals surface area (Å²) in [6.07, 6.45) is 4.28. The van der Waals surface area contributed by atoms with Gasteiger partial charge in [0, 0.05) is 54.0 Å². The molecule has 0 aromatic heterocycles. The number of Topliss-reactive ketones (excluding diaryl/α,β-unsaturated/α-hetero) is 2. The number of rotatable bonds is 6. The van der Waals surface area contributed by atoms with E-state index in [4.69, 9.17) is 9.47 Å². The Hall–Kier alpha value is -3.14. The SMILES string of the molecule is COc1cc(C2C3=C(CCCC3=O)N(C)C3=C2C(=O)CCC3)cc(I)c1OCC(=O)Nc1ccccc1. The van der Waals surface area contributed by atoms with Crippen LogP contribution in [0.25, 0.3) is 0 Å². The summed E-state index contributed by atoms with van der Waals surface area (Å²) in [5.74, 6) is 0.429. The highest BCUT2D eigenvalue weighted by molar-refractivity contribution is 14.1. The van der Waals surface area contributed by atoms with Crippen molar-refractivity contribution < 1.29 is 23.9 Å². The van der Waals surface area contributed by atoms with Crippen molar-refractivity contribution in [3.8, 4) is 11.5 Å². The van der Waals surface area contributed by atoms with Crippen LogP contribution in [-0.4, -0.2) is 43.1 Å². The molecule has 0 saturated carbocycles. The van der Waals surface area contributed by atoms with Gasteiger partial charge >= 0.3 is 0 Å². The van der Waals surface area contributed by atoms with Crippen LogP contribution in [0.2, 0.25) is 0 Å². The molecular formula is C29H29IN2O5. The third-order valence-corrected chi connectivity index (χ3v) is 8.04. The lowest BCUT2D eigenvalue weighted by Gasteiger charge is -2.42. The number of anilines is 1. The highest BCUT2D eigenvalue weighted by Crippen LogP contribution is 2.50. The molecule has 5 rings (SSSR count). The molecule has 0 radical (unpaired) electrons. The van der Waals surface area contributed by atoms with Gasteiger partial charge in [0.05, 0.1) is 10.7 Å². The predicted molar refractivity (Wildman–Crippen MR) is 149 cm³/mol. The molecule has 0 spiro atoms. The lowest BCUT2D eigenvalue weighted by atomic mass is 9.71. The van der Waals surface area contributed by atoms with Crippen LogP contribution in [0.1, 0.15) is 50.0 Å². The molecule has 1 amide bonds. The molecule has 2 aliphatic carbocycles. The van der Waals surface area contributed by atoms with Gasteiger partial charge in [-0.1, -0.05) is 18.2 Å². The number of carbonyl (C=O) groups is 3. The second-order valence-corrected chi connectivity index (χ2v) is 10.7. The highest BCUT2D eigenvalue weighted by atomic mass is 127. The van der Waals surface area contributed by atoms with E-state index in [1.165, 1.54) is 0 Å². The molecule has 3 aliphatic rings. The van der Waals surface area contributed by atoms with Gasteiger partial charge in [-0.3, -0.25) is 14.4 Å². The predicted octanol–water partition coefficient (Wildman–Crippen LogP) is 5.36. The van der Waals surface area contributed by atoms with E-state index in [1.54, 1.807) is 7.11 Å². The summed E-state index contributed by atoms with van der Waals surface area (Å²) >= 11 is 2.16. The van der Waals surface area contributed by atoms with Crippen LogP contribution in [0.15, 0.2) is 65.0 Å². The van der Waals surface area contributed by atoms with Gasteiger partial charge in [0.2, 0.25) is 0 Å². The maximum Gasteiger partial charge on any atom is 0.262 e. The average molecular weight is 612 g/mol. The van der Waals surface area contributed by atoms with Crippen molar-refractivity contribution >= 4 is 45.8 Å². The maximum absolute atomic E-state index is 13.3. The van der Waals surface area contributed by atoms with Crippen LogP contribution in [0.4, 0.5) is 5.69 Å². The highest BCUT2D eigenvalue weighted by Gasteiger charge is 2.42. The molecule has 8 heteroatoms. The van der Waals surface area contributed by atoms with Gasteiger partial charge in [0.1, 0.15) is 0 Å². The van der Waals surface area contributed by atoms with E-state index >= 15 is 0 Å². The molecule has 0 fully saturated rings. The van der Waals surface area contributed by atoms with E-state index in [2.05, 4.69) is 32.8 Å². The minimum atomic E-state index is -0.417. The zero-order chi connectivity index (χ0) is 26.1. The van der Waals surface area contributed by atoms with Crippen molar-refractivity contribution in [1.29, 1.82) is 0 Å². The van der Waals surface area contributed by atoms with Gasteiger partial charge in [-0.25, -0.2) is 0 Å². The summed E-state index contributed by atoms with van der Waals surface area (Å²) in [7, 11) is 3.54. The number of hydrogen-bond donors (Lipinski definition) is 1. The minimum absolute atomic E-state index is 0.106. The van der Waals surface area contributed by atoms with Crippen molar-refractivity contribution in [2.45, 2.75) is 44.4 Å². The van der Waals surface area contributed by atoms with Crippen LogP contribution in [0.3, 0.4) is 0 Å². The molecule has 0 unspecified atom stereocenters. The number of nitrogens with one attached hydrogen (secondary N) is 1. The summed E-state index contributed by atoms with van der Waals surface area (Å²) < 4.78 is 12.3. The van der Waals surface area contributed by atoms with E-state index in [0.29, 0.717) is 30.0 Å². The number of carbonyl (C=O) groups excluding carboxylic acids is 3. The summed E-state index contributed by atoms with van der Waals surface area (Å²) in [6, 6.07) is 13.0. The molecule has 1 N–H and O–H groups in total. The molecule has 7 nitrogen and oxygen atoms in total. The van der Waals surface area contributed by atoms with Crippen molar-refractivity contribution in [3.63, 3.8) is 0 Å². The maximum atomic E-state index is 13.3. The van der Waals surface area contributed by atoms with Crippen LogP contribution in [0, 0.1) is 3.57 Å². The fraction of sp³-hybridized carbons (Fsp3) is 0.345. The molecule has 1 aliphatic heterocycles. The normalized spacial score (nSPS) is 18.0. The first-order chi connectivity index (χ1) is 17.9. The number of para-hydroxylation sites is 1. The van der Waals surface area contributed by atoms with Crippen molar-refractivity contribution in [2.75, 3.05) is 26.1 Å². The fourth-order valence-corrected chi connectivity index (χ4v) is 6.37. The Morgan fingerprint density at radius 3 is 2.22 bits per heavy atom. The van der Waals surface area contributed by atoms with Gasteiger partial charge in [-0.2, -0.15) is 0 Å². The molecule has 0 bridgehead atoms. The quantitative estimate of drug-likeness (QED) is 0.443. The number of allylic oxidation sites excluding steroid dienone is 4. The zero-order valence-electron chi connectivity index (χ0n) is 20.9. The number of hydrogen-bond acceptors (Lipinski definition) is 6. The Labute approximate surface area is 230 Å². The Balaban J connectivity index is 1.49. The number of nitrogens with zero attached hydrogens (tertiary/aromatic N) is 1. The fourth-order valence-electron chi connectivity index (χ4n) is 5.59. The molecule has 2 aromatic carbocycles. The molecule has 2 aromatic rings. The molecule has 192 valence electrons. The summed E-state index contributed by atoms with van der Waals surface area (Å²) in [5, 5.41) is 2.81. The standard InChI is InChI=1S/C29H29IN2O5/c1-32-20-10-6-12-22(33)27(20)26(28-21(32)11-7-13-23(28)34)17-14-19(30)29(24(15-17)36-2)37-16-25(35)31-18-8-4-3-5-9-18/h3-5,8-9,14-15,26H,6-7,10-13,16H2,1-2H3,(H,31,35). The van der Waals surface area contributed by atoms with E-state index in [0.717, 1.165) is 57.4 Å². The van der Waals surface area contributed by atoms with E-state index in [-0.39, 0.29) is 24.1 Å². The third kappa shape index (κ3) is 4.91. The molecule has 37 heavy (non-hydrogen) atoms. The minimum Gasteiger partial charge on any atom is -0.493 e. The molecule has 1 heterocycles. The lowest BCUT2D eigenvalue weighted by molar-refractivity contribution is -0.118. The molecule has 0 saturated heterocycles. The zero-order valence-corrected chi connectivity index (χ0v) is 23.1. The Morgan fingerprint density at radius 2 is 1.62 bits per heavy atom. The van der Waals surface area contributed by atoms with E-state index in [1.807, 2.05) is 49.5 Å². The average Bonchev–Trinajstić information content (AvgIpc) is 2.89. The van der Waals surface area contributed by atoms with Gasteiger partial charge in [0.15, 0.2) is 29.7 Å². The number of ketones is 2. The molecular weight excluding hydrogens is 583 g/mol. The first-order valence-corrected chi connectivity index (χ1v) is 13.6. The van der Waals surface area contributed by atoms with Gasteiger partial charge < -0.3 is 19.7 Å². The summed E-state index contributed by atoms with van der Waals surface area (Å²) in [6.45, 7) is -0.184. The first-order valence-electron chi connectivity index (χ1n) is 12.5. The van der Waals surface area contributed by atoms with Crippen molar-refractivity contribution in [2.24, 2.45) is 0 Å². The Morgan fingerprint density at radius 1 is 1.00 bits per heavy atom. The number of methoxy groups -OCH3 is 1. The number of amides is 1. The topological polar surface area (TPSA) is 84.9 Å². The number of benzene rings is 2. The largest absolute Gasteiger partial charge is 0.493 e. The molecule has 0 atom stereocenters. The van der Waals surface area contributed by atoms with Crippen LogP contribution >= 0.6 is 22.6 Å². The smallest absolute Gasteiger partial charge is 0.262 e. The Bertz CT molecular complexity index is 1290. The van der Waals surface area contributed by atoms with Crippen LogP contribution in [-0.2, 0) is 14.4 Å². The monoisotopic (exact) mass is 612 g/mol.